The maximum atomic E-state index is 12.3. The Kier molecular flexibility index (Phi) is 2.83. The summed E-state index contributed by atoms with van der Waals surface area (Å²) in [6, 6.07) is 3.69. The molecule has 0 radical (unpaired) electrons. The lowest BCUT2D eigenvalue weighted by Gasteiger charge is -2.18. The molecule has 1 N–H and O–H groups in total. The Labute approximate surface area is 109 Å². The smallest absolute Gasteiger partial charge is 0.325 e. The lowest BCUT2D eigenvalue weighted by atomic mass is 9.99. The fourth-order valence-corrected chi connectivity index (χ4v) is 3.09. The van der Waals surface area contributed by atoms with E-state index in [0.29, 0.717) is 32.6 Å². The fourth-order valence-electron chi connectivity index (χ4n) is 2.39. The molecule has 2 aliphatic rings. The molecule has 18 heavy (non-hydrogen) atoms. The van der Waals surface area contributed by atoms with Crippen molar-refractivity contribution >= 4 is 23.3 Å². The van der Waals surface area contributed by atoms with Crippen molar-refractivity contribution in [3.63, 3.8) is 0 Å². The molecule has 2 aliphatic heterocycles. The molecule has 0 aliphatic carbocycles. The first-order chi connectivity index (χ1) is 8.71. The Balaban J connectivity index is 1.69. The third kappa shape index (κ3) is 1.81. The summed E-state index contributed by atoms with van der Waals surface area (Å²) in [6.07, 6.45) is 1.29. The van der Waals surface area contributed by atoms with Crippen molar-refractivity contribution in [2.75, 3.05) is 19.8 Å². The fraction of sp³-hybridized carbons (Fsp3) is 0.500. The molecule has 1 spiro atoms. The Hall–Kier alpha value is -1.40. The predicted octanol–water partition coefficient (Wildman–Crippen LogP) is 1.00. The average molecular weight is 266 g/mol. The Morgan fingerprint density at radius 1 is 1.50 bits per heavy atom. The molecule has 0 saturated carbocycles. The molecule has 96 valence electrons. The molecule has 0 unspecified atom stereocenters. The van der Waals surface area contributed by atoms with Gasteiger partial charge in [-0.25, -0.2) is 4.79 Å². The maximum absolute atomic E-state index is 12.3. The molecule has 6 heteroatoms. The van der Waals surface area contributed by atoms with Crippen molar-refractivity contribution in [3.05, 3.63) is 22.4 Å². The zero-order valence-electron chi connectivity index (χ0n) is 9.85. The van der Waals surface area contributed by atoms with E-state index in [0.717, 1.165) is 0 Å². The van der Waals surface area contributed by atoms with Gasteiger partial charge in [-0.05, 0) is 17.9 Å². The first-order valence-corrected chi connectivity index (χ1v) is 6.83. The van der Waals surface area contributed by atoms with Crippen LogP contribution in [0.5, 0.6) is 0 Å². The normalized spacial score (nSPS) is 27.2. The minimum absolute atomic E-state index is 0.137. The quantitative estimate of drug-likeness (QED) is 0.830. The maximum Gasteiger partial charge on any atom is 0.325 e. The molecule has 2 fully saturated rings. The molecule has 3 amide bonds. The zero-order chi connectivity index (χ0) is 12.6. The van der Waals surface area contributed by atoms with E-state index in [-0.39, 0.29) is 11.9 Å². The van der Waals surface area contributed by atoms with Crippen LogP contribution < -0.4 is 5.32 Å². The average Bonchev–Trinajstić information content (AvgIpc) is 3.03. The summed E-state index contributed by atoms with van der Waals surface area (Å²) < 4.78 is 5.24. The van der Waals surface area contributed by atoms with Crippen LogP contribution in [0.1, 0.15) is 11.3 Å². The van der Waals surface area contributed by atoms with E-state index in [1.54, 1.807) is 11.3 Å². The van der Waals surface area contributed by atoms with Gasteiger partial charge in [-0.3, -0.25) is 9.69 Å². The van der Waals surface area contributed by atoms with Crippen LogP contribution in [0.15, 0.2) is 17.5 Å². The number of hydrogen-bond acceptors (Lipinski definition) is 4. The van der Waals surface area contributed by atoms with E-state index in [1.807, 2.05) is 17.5 Å². The number of carbonyl (C=O) groups excluding carboxylic acids is 2. The van der Waals surface area contributed by atoms with E-state index in [4.69, 9.17) is 4.74 Å². The van der Waals surface area contributed by atoms with Gasteiger partial charge in [0, 0.05) is 24.4 Å². The van der Waals surface area contributed by atoms with E-state index in [9.17, 15) is 9.59 Å². The minimum atomic E-state index is -0.785. The molecule has 1 aromatic heterocycles. The molecule has 1 aromatic rings. The van der Waals surface area contributed by atoms with E-state index in [2.05, 4.69) is 5.32 Å². The molecule has 3 rings (SSSR count). The second kappa shape index (κ2) is 4.37. The number of hydrogen-bond donors (Lipinski definition) is 1. The Morgan fingerprint density at radius 2 is 2.39 bits per heavy atom. The summed E-state index contributed by atoms with van der Waals surface area (Å²) in [4.78, 5) is 26.6. The topological polar surface area (TPSA) is 58.6 Å². The first-order valence-electron chi connectivity index (χ1n) is 5.95. The zero-order valence-corrected chi connectivity index (χ0v) is 10.7. The molecular weight excluding hydrogens is 252 g/mol. The highest BCUT2D eigenvalue weighted by atomic mass is 32.1. The predicted molar refractivity (Wildman–Crippen MR) is 66.4 cm³/mol. The molecule has 1 atom stereocenters. The van der Waals surface area contributed by atoms with Gasteiger partial charge < -0.3 is 10.1 Å². The molecular formula is C12H14N2O3S. The van der Waals surface area contributed by atoms with Gasteiger partial charge in [0.05, 0.1) is 6.61 Å². The van der Waals surface area contributed by atoms with Crippen molar-refractivity contribution < 1.29 is 14.3 Å². The summed E-state index contributed by atoms with van der Waals surface area (Å²) in [7, 11) is 0. The van der Waals surface area contributed by atoms with Gasteiger partial charge >= 0.3 is 6.03 Å². The Morgan fingerprint density at radius 3 is 3.06 bits per heavy atom. The highest BCUT2D eigenvalue weighted by Crippen LogP contribution is 2.27. The van der Waals surface area contributed by atoms with Crippen molar-refractivity contribution in [1.29, 1.82) is 0 Å². The van der Waals surface area contributed by atoms with E-state index in [1.165, 1.54) is 9.78 Å². The van der Waals surface area contributed by atoms with E-state index >= 15 is 0 Å². The van der Waals surface area contributed by atoms with E-state index < -0.39 is 5.54 Å². The van der Waals surface area contributed by atoms with Gasteiger partial charge in [0.1, 0.15) is 5.54 Å². The summed E-state index contributed by atoms with van der Waals surface area (Å²) >= 11 is 1.64. The van der Waals surface area contributed by atoms with Gasteiger partial charge in [-0.15, -0.1) is 11.3 Å². The highest BCUT2D eigenvalue weighted by molar-refractivity contribution is 7.09. The number of imide groups is 1. The highest BCUT2D eigenvalue weighted by Gasteiger charge is 2.53. The molecule has 5 nitrogen and oxygen atoms in total. The van der Waals surface area contributed by atoms with Crippen LogP contribution >= 0.6 is 11.3 Å². The van der Waals surface area contributed by atoms with Crippen LogP contribution in [0.3, 0.4) is 0 Å². The standard InChI is InChI=1S/C12H14N2O3S/c15-10-12(4-6-17-8-12)13-11(16)14(10)5-3-9-2-1-7-18-9/h1-2,7H,3-6,8H2,(H,13,16)/t12-/m0/s1. The summed E-state index contributed by atoms with van der Waals surface area (Å²) in [5, 5.41) is 4.77. The third-order valence-electron chi connectivity index (χ3n) is 3.43. The van der Waals surface area contributed by atoms with Gasteiger partial charge in [0.15, 0.2) is 0 Å². The first kappa shape index (κ1) is 11.7. The van der Waals surface area contributed by atoms with Gasteiger partial charge in [0.2, 0.25) is 0 Å². The summed E-state index contributed by atoms with van der Waals surface area (Å²) in [5.41, 5.74) is -0.785. The second-order valence-corrected chi connectivity index (χ2v) is 5.63. The number of nitrogens with one attached hydrogen (secondary N) is 1. The van der Waals surface area contributed by atoms with Crippen LogP contribution in [0.2, 0.25) is 0 Å². The van der Waals surface area contributed by atoms with Gasteiger partial charge in [0.25, 0.3) is 5.91 Å². The number of nitrogens with zero attached hydrogens (tertiary/aromatic N) is 1. The van der Waals surface area contributed by atoms with Crippen molar-refractivity contribution in [1.82, 2.24) is 10.2 Å². The molecule has 0 aromatic carbocycles. The van der Waals surface area contributed by atoms with Crippen LogP contribution in [0.25, 0.3) is 0 Å². The Bertz CT molecular complexity index is 466. The van der Waals surface area contributed by atoms with Crippen LogP contribution in [-0.4, -0.2) is 42.1 Å². The summed E-state index contributed by atoms with van der Waals surface area (Å²) in [5.74, 6) is -0.137. The second-order valence-electron chi connectivity index (χ2n) is 4.60. The van der Waals surface area contributed by atoms with Crippen LogP contribution in [0, 0.1) is 0 Å². The van der Waals surface area contributed by atoms with Crippen molar-refractivity contribution in [2.24, 2.45) is 0 Å². The SMILES string of the molecule is O=C1N[C@]2(CCOC2)C(=O)N1CCc1cccs1. The number of thiophene rings is 1. The number of amides is 3. The summed E-state index contributed by atoms with van der Waals surface area (Å²) in [6.45, 7) is 1.27. The monoisotopic (exact) mass is 266 g/mol. The molecule has 3 heterocycles. The van der Waals surface area contributed by atoms with Crippen LogP contribution in [-0.2, 0) is 16.0 Å². The van der Waals surface area contributed by atoms with Crippen molar-refractivity contribution in [3.8, 4) is 0 Å². The largest absolute Gasteiger partial charge is 0.378 e. The third-order valence-corrected chi connectivity index (χ3v) is 4.37. The molecule has 2 saturated heterocycles. The van der Waals surface area contributed by atoms with Gasteiger partial charge in [-0.2, -0.15) is 0 Å². The minimum Gasteiger partial charge on any atom is -0.378 e. The van der Waals surface area contributed by atoms with Gasteiger partial charge in [-0.1, -0.05) is 6.07 Å². The number of ether oxygens (including phenoxy) is 1. The molecule has 0 bridgehead atoms. The lowest BCUT2D eigenvalue weighted by Crippen LogP contribution is -2.47. The number of carbonyl (C=O) groups is 2. The lowest BCUT2D eigenvalue weighted by molar-refractivity contribution is -0.131. The number of urea groups is 1. The van der Waals surface area contributed by atoms with Crippen LogP contribution in [0.4, 0.5) is 4.79 Å². The van der Waals surface area contributed by atoms with Crippen molar-refractivity contribution in [2.45, 2.75) is 18.4 Å². The number of rotatable bonds is 3.